The Morgan fingerprint density at radius 3 is 3.16 bits per heavy atom. The molecule has 0 spiro atoms. The maximum absolute atomic E-state index is 12.1. The Hall–Kier alpha value is -1.83. The lowest BCUT2D eigenvalue weighted by atomic mass is 10.2. The standard InChI is InChI=1S/C17H20ClN3O3S/c18-12-3-4-16(24-9-14-2-1-7-23-14)15(8-12)21-17(22)19-6-5-13-10-25-11-20-13/h3-4,8,10-11,14H,1-2,5-7,9H2,(H2,19,21,22). The van der Waals surface area contributed by atoms with E-state index in [1.54, 1.807) is 23.7 Å². The van der Waals surface area contributed by atoms with Crippen molar-refractivity contribution in [1.29, 1.82) is 0 Å². The van der Waals surface area contributed by atoms with Gasteiger partial charge < -0.3 is 20.1 Å². The molecule has 134 valence electrons. The van der Waals surface area contributed by atoms with Crippen molar-refractivity contribution in [1.82, 2.24) is 10.3 Å². The molecule has 1 aromatic heterocycles. The summed E-state index contributed by atoms with van der Waals surface area (Å²) in [6, 6.07) is 4.85. The van der Waals surface area contributed by atoms with E-state index in [2.05, 4.69) is 15.6 Å². The quantitative estimate of drug-likeness (QED) is 0.766. The van der Waals surface area contributed by atoms with E-state index in [9.17, 15) is 4.79 Å². The topological polar surface area (TPSA) is 72.5 Å². The molecular formula is C17H20ClN3O3S. The summed E-state index contributed by atoms with van der Waals surface area (Å²) in [6.45, 7) is 1.74. The predicted octanol–water partition coefficient (Wildman–Crippen LogP) is 3.72. The number of rotatable bonds is 7. The van der Waals surface area contributed by atoms with Crippen molar-refractivity contribution in [3.05, 3.63) is 39.8 Å². The van der Waals surface area contributed by atoms with E-state index in [4.69, 9.17) is 21.1 Å². The third-order valence-corrected chi connectivity index (χ3v) is 4.66. The van der Waals surface area contributed by atoms with E-state index in [0.717, 1.165) is 25.1 Å². The van der Waals surface area contributed by atoms with Gasteiger partial charge in [-0.05, 0) is 31.0 Å². The van der Waals surface area contributed by atoms with Crippen molar-refractivity contribution in [2.75, 3.05) is 25.1 Å². The van der Waals surface area contributed by atoms with Crippen LogP contribution in [0.1, 0.15) is 18.5 Å². The van der Waals surface area contributed by atoms with Crippen LogP contribution in [0.4, 0.5) is 10.5 Å². The molecule has 1 fully saturated rings. The second-order valence-corrected chi connectivity index (χ2v) is 6.85. The Bertz CT molecular complexity index is 690. The van der Waals surface area contributed by atoms with Crippen molar-refractivity contribution < 1.29 is 14.3 Å². The molecule has 1 atom stereocenters. The SMILES string of the molecule is O=C(NCCc1cscn1)Nc1cc(Cl)ccc1OCC1CCCO1. The number of amides is 2. The largest absolute Gasteiger partial charge is 0.489 e. The lowest BCUT2D eigenvalue weighted by Crippen LogP contribution is -2.30. The highest BCUT2D eigenvalue weighted by Gasteiger charge is 2.17. The van der Waals surface area contributed by atoms with Crippen LogP contribution in [-0.4, -0.2) is 36.9 Å². The minimum Gasteiger partial charge on any atom is -0.489 e. The number of anilines is 1. The second-order valence-electron chi connectivity index (χ2n) is 5.70. The van der Waals surface area contributed by atoms with Gasteiger partial charge in [0.2, 0.25) is 0 Å². The number of hydrogen-bond donors (Lipinski definition) is 2. The molecule has 0 saturated carbocycles. The van der Waals surface area contributed by atoms with Crippen LogP contribution >= 0.6 is 22.9 Å². The van der Waals surface area contributed by atoms with Crippen molar-refractivity contribution in [3.63, 3.8) is 0 Å². The Morgan fingerprint density at radius 2 is 2.40 bits per heavy atom. The third-order valence-electron chi connectivity index (χ3n) is 3.79. The summed E-state index contributed by atoms with van der Waals surface area (Å²) in [5.41, 5.74) is 3.28. The number of nitrogens with one attached hydrogen (secondary N) is 2. The number of ether oxygens (including phenoxy) is 2. The number of urea groups is 1. The van der Waals surface area contributed by atoms with Crippen LogP contribution in [0.25, 0.3) is 0 Å². The fourth-order valence-electron chi connectivity index (χ4n) is 2.52. The first-order valence-corrected chi connectivity index (χ1v) is 9.48. The number of halogens is 1. The highest BCUT2D eigenvalue weighted by molar-refractivity contribution is 7.07. The minimum absolute atomic E-state index is 0.107. The normalized spacial score (nSPS) is 16.6. The summed E-state index contributed by atoms with van der Waals surface area (Å²) >= 11 is 7.58. The van der Waals surface area contributed by atoms with Crippen LogP contribution in [0.5, 0.6) is 5.75 Å². The van der Waals surface area contributed by atoms with Gasteiger partial charge in [0.1, 0.15) is 12.4 Å². The van der Waals surface area contributed by atoms with Crippen molar-refractivity contribution >= 4 is 34.7 Å². The second kappa shape index (κ2) is 9.03. The maximum Gasteiger partial charge on any atom is 0.319 e. The van der Waals surface area contributed by atoms with Gasteiger partial charge in [-0.3, -0.25) is 0 Å². The number of carbonyl (C=O) groups is 1. The van der Waals surface area contributed by atoms with Crippen LogP contribution in [-0.2, 0) is 11.2 Å². The summed E-state index contributed by atoms with van der Waals surface area (Å²) in [5.74, 6) is 0.578. The zero-order valence-electron chi connectivity index (χ0n) is 13.7. The first kappa shape index (κ1) is 18.0. The summed E-state index contributed by atoms with van der Waals surface area (Å²) in [7, 11) is 0. The highest BCUT2D eigenvalue weighted by atomic mass is 35.5. The number of aromatic nitrogens is 1. The molecule has 2 N–H and O–H groups in total. The smallest absolute Gasteiger partial charge is 0.319 e. The van der Waals surface area contributed by atoms with Crippen LogP contribution in [0, 0.1) is 0 Å². The number of hydrogen-bond acceptors (Lipinski definition) is 5. The number of nitrogens with zero attached hydrogens (tertiary/aromatic N) is 1. The molecule has 0 bridgehead atoms. The molecule has 3 rings (SSSR count). The van der Waals surface area contributed by atoms with Gasteiger partial charge in [0.25, 0.3) is 0 Å². The summed E-state index contributed by atoms with van der Waals surface area (Å²) in [4.78, 5) is 16.3. The molecular weight excluding hydrogens is 362 g/mol. The molecule has 0 aliphatic carbocycles. The zero-order chi connectivity index (χ0) is 17.5. The first-order chi connectivity index (χ1) is 12.2. The average molecular weight is 382 g/mol. The Labute approximate surface area is 155 Å². The summed E-state index contributed by atoms with van der Waals surface area (Å²) in [5, 5.41) is 8.09. The average Bonchev–Trinajstić information content (AvgIpc) is 3.27. The summed E-state index contributed by atoms with van der Waals surface area (Å²) in [6.07, 6.45) is 2.85. The van der Waals surface area contributed by atoms with Gasteiger partial charge in [-0.1, -0.05) is 11.6 Å². The molecule has 1 aromatic carbocycles. The van der Waals surface area contributed by atoms with Gasteiger partial charge in [0.05, 0.1) is 23.0 Å². The highest BCUT2D eigenvalue weighted by Crippen LogP contribution is 2.28. The van der Waals surface area contributed by atoms with Gasteiger partial charge >= 0.3 is 6.03 Å². The molecule has 1 saturated heterocycles. The molecule has 2 aromatic rings. The number of benzene rings is 1. The van der Waals surface area contributed by atoms with Gasteiger partial charge in [-0.25, -0.2) is 9.78 Å². The molecule has 1 aliphatic rings. The first-order valence-electron chi connectivity index (χ1n) is 8.16. The van der Waals surface area contributed by atoms with Crippen LogP contribution in [0.3, 0.4) is 0 Å². The fourth-order valence-corrected chi connectivity index (χ4v) is 3.28. The van der Waals surface area contributed by atoms with Crippen LogP contribution in [0.2, 0.25) is 5.02 Å². The lowest BCUT2D eigenvalue weighted by Gasteiger charge is -2.16. The van der Waals surface area contributed by atoms with E-state index < -0.39 is 0 Å². The molecule has 8 heteroatoms. The summed E-state index contributed by atoms with van der Waals surface area (Å²) < 4.78 is 11.4. The Balaban J connectivity index is 1.52. The van der Waals surface area contributed by atoms with Crippen LogP contribution < -0.4 is 15.4 Å². The van der Waals surface area contributed by atoms with Gasteiger partial charge in [-0.15, -0.1) is 11.3 Å². The monoisotopic (exact) mass is 381 g/mol. The molecule has 0 radical (unpaired) electrons. The van der Waals surface area contributed by atoms with Crippen LogP contribution in [0.15, 0.2) is 29.1 Å². The van der Waals surface area contributed by atoms with Gasteiger partial charge in [0.15, 0.2) is 0 Å². The van der Waals surface area contributed by atoms with E-state index in [0.29, 0.717) is 36.0 Å². The fraction of sp³-hybridized carbons (Fsp3) is 0.412. The van der Waals surface area contributed by atoms with E-state index in [1.165, 1.54) is 11.3 Å². The molecule has 2 heterocycles. The number of thiazole rings is 1. The molecule has 6 nitrogen and oxygen atoms in total. The van der Waals surface area contributed by atoms with E-state index in [1.807, 2.05) is 5.38 Å². The van der Waals surface area contributed by atoms with Crippen molar-refractivity contribution in [2.24, 2.45) is 0 Å². The van der Waals surface area contributed by atoms with E-state index in [-0.39, 0.29) is 12.1 Å². The van der Waals surface area contributed by atoms with Crippen molar-refractivity contribution in [3.8, 4) is 5.75 Å². The lowest BCUT2D eigenvalue weighted by molar-refractivity contribution is 0.0682. The van der Waals surface area contributed by atoms with Gasteiger partial charge in [0, 0.05) is 30.0 Å². The molecule has 1 aliphatic heterocycles. The Kier molecular flexibility index (Phi) is 6.49. The molecule has 1 unspecified atom stereocenters. The minimum atomic E-state index is -0.306. The third kappa shape index (κ3) is 5.59. The van der Waals surface area contributed by atoms with Crippen molar-refractivity contribution in [2.45, 2.75) is 25.4 Å². The molecule has 2 amide bonds. The molecule has 25 heavy (non-hydrogen) atoms. The van der Waals surface area contributed by atoms with Gasteiger partial charge in [-0.2, -0.15) is 0 Å². The zero-order valence-corrected chi connectivity index (χ0v) is 15.2. The predicted molar refractivity (Wildman–Crippen MR) is 98.8 cm³/mol. The Morgan fingerprint density at radius 1 is 1.48 bits per heavy atom. The van der Waals surface area contributed by atoms with E-state index >= 15 is 0 Å². The maximum atomic E-state index is 12.1. The number of carbonyl (C=O) groups excluding carboxylic acids is 1.